The Labute approximate surface area is 145 Å². The molecule has 0 aliphatic heterocycles. The molecule has 0 radical (unpaired) electrons. The summed E-state index contributed by atoms with van der Waals surface area (Å²) in [4.78, 5) is 3.58. The molecule has 0 unspecified atom stereocenters. The Balaban J connectivity index is 0.00000200. The summed E-state index contributed by atoms with van der Waals surface area (Å²) >= 11 is -2.50. The van der Waals surface area contributed by atoms with Crippen molar-refractivity contribution in [2.24, 2.45) is 0 Å². The SMILES string of the molecule is C[C](C)(C)[Ti]([C]1=CC=CC1)([c]1ccc[nH]1)[C](C)(C)C.Cl.Cl. The van der Waals surface area contributed by atoms with Crippen LogP contribution in [0.4, 0.5) is 0 Å². The smallest absolute Gasteiger partial charge is 0.147 e. The fourth-order valence-corrected chi connectivity index (χ4v) is 16.2. The number of aromatic amines is 1. The van der Waals surface area contributed by atoms with E-state index in [0.29, 0.717) is 7.44 Å². The predicted octanol–water partition coefficient (Wildman–Crippen LogP) is 5.92. The summed E-state index contributed by atoms with van der Waals surface area (Å²) in [5.74, 6) is 0. The summed E-state index contributed by atoms with van der Waals surface area (Å²) in [6.07, 6.45) is 10.2. The number of H-pyrrole nitrogens is 1. The van der Waals surface area contributed by atoms with Gasteiger partial charge in [0.25, 0.3) is 0 Å². The third-order valence-electron chi connectivity index (χ3n) is 4.50. The van der Waals surface area contributed by atoms with Crippen molar-refractivity contribution in [3.63, 3.8) is 0 Å². The Bertz CT molecular complexity index is 488. The number of nitrogens with one attached hydrogen (secondary N) is 1. The average molecular weight is 366 g/mol. The van der Waals surface area contributed by atoms with E-state index in [2.05, 4.69) is 83.1 Å². The predicted molar refractivity (Wildman–Crippen MR) is 96.2 cm³/mol. The van der Waals surface area contributed by atoms with Gasteiger partial charge in [0.2, 0.25) is 0 Å². The van der Waals surface area contributed by atoms with Crippen molar-refractivity contribution in [3.8, 4) is 0 Å². The number of allylic oxidation sites excluding steroid dienone is 4. The van der Waals surface area contributed by atoms with Crippen molar-refractivity contribution in [3.05, 3.63) is 40.4 Å². The molecule has 1 N–H and O–H groups in total. The molecule has 0 saturated carbocycles. The zero-order valence-corrected chi connectivity index (χ0v) is 17.2. The minimum absolute atomic E-state index is 0. The molecule has 0 saturated heterocycles. The third-order valence-corrected chi connectivity index (χ3v) is 15.4. The Kier molecular flexibility index (Phi) is 7.10. The van der Waals surface area contributed by atoms with Gasteiger partial charge in [-0.15, -0.1) is 24.8 Å². The van der Waals surface area contributed by atoms with Crippen LogP contribution in [-0.4, -0.2) is 4.98 Å². The van der Waals surface area contributed by atoms with Crippen LogP contribution in [0.2, 0.25) is 7.44 Å². The molecule has 120 valence electrons. The molecule has 1 aliphatic carbocycles. The van der Waals surface area contributed by atoms with Gasteiger partial charge in [0.05, 0.1) is 0 Å². The van der Waals surface area contributed by atoms with E-state index in [1.54, 1.807) is 3.88 Å². The molecular formula is C17H29Cl2NTi. The number of rotatable bonds is 2. The van der Waals surface area contributed by atoms with Crippen molar-refractivity contribution in [2.75, 3.05) is 0 Å². The van der Waals surface area contributed by atoms with E-state index in [-0.39, 0.29) is 24.8 Å². The maximum absolute atomic E-state index is 3.58. The van der Waals surface area contributed by atoms with E-state index < -0.39 is 16.6 Å². The number of halogens is 2. The van der Waals surface area contributed by atoms with Crippen molar-refractivity contribution in [1.29, 1.82) is 0 Å². The van der Waals surface area contributed by atoms with Crippen LogP contribution in [0, 0.1) is 0 Å². The Morgan fingerprint density at radius 1 is 1.00 bits per heavy atom. The van der Waals surface area contributed by atoms with Crippen molar-refractivity contribution in [2.45, 2.75) is 55.4 Å². The molecular weight excluding hydrogens is 337 g/mol. The topological polar surface area (TPSA) is 15.8 Å². The van der Waals surface area contributed by atoms with Crippen LogP contribution in [0.5, 0.6) is 0 Å². The minimum Gasteiger partial charge on any atom is -0.147 e. The first kappa shape index (κ1) is 21.1. The van der Waals surface area contributed by atoms with Crippen molar-refractivity contribution >= 4 is 28.8 Å². The van der Waals surface area contributed by atoms with Gasteiger partial charge >= 0.3 is 121 Å². The second-order valence-electron chi connectivity index (χ2n) is 7.66. The molecule has 2 rings (SSSR count). The number of hydrogen-bond acceptors (Lipinski definition) is 0. The zero-order chi connectivity index (χ0) is 14.3. The first-order valence-corrected chi connectivity index (χ1v) is 10.3. The van der Waals surface area contributed by atoms with Gasteiger partial charge in [-0.1, -0.05) is 0 Å². The molecule has 1 aromatic rings. The van der Waals surface area contributed by atoms with E-state index in [1.165, 1.54) is 4.00 Å². The fourth-order valence-electron chi connectivity index (χ4n) is 4.36. The molecule has 1 aliphatic rings. The van der Waals surface area contributed by atoms with Crippen LogP contribution in [0.15, 0.2) is 40.4 Å². The molecule has 0 atom stereocenters. The van der Waals surface area contributed by atoms with Crippen molar-refractivity contribution in [1.82, 2.24) is 4.98 Å². The molecule has 0 aromatic carbocycles. The van der Waals surface area contributed by atoms with E-state index in [4.69, 9.17) is 0 Å². The molecule has 4 heteroatoms. The minimum atomic E-state index is -2.50. The Morgan fingerprint density at radius 3 is 1.90 bits per heavy atom. The van der Waals surface area contributed by atoms with Crippen LogP contribution in [0.3, 0.4) is 0 Å². The summed E-state index contributed by atoms with van der Waals surface area (Å²) < 4.78 is 3.90. The van der Waals surface area contributed by atoms with Gasteiger partial charge in [-0.3, -0.25) is 0 Å². The maximum atomic E-state index is 3.58. The normalized spacial score (nSPS) is 15.2. The number of aromatic nitrogens is 1. The van der Waals surface area contributed by atoms with Crippen LogP contribution in [-0.2, 0) is 16.6 Å². The van der Waals surface area contributed by atoms with Gasteiger partial charge < -0.3 is 0 Å². The van der Waals surface area contributed by atoms with E-state index >= 15 is 0 Å². The quantitative estimate of drug-likeness (QED) is 0.626. The molecule has 21 heavy (non-hydrogen) atoms. The Hall–Kier alpha value is 0.0543. The second-order valence-corrected chi connectivity index (χ2v) is 16.5. The first-order valence-electron chi connectivity index (χ1n) is 7.21. The monoisotopic (exact) mass is 365 g/mol. The molecule has 0 fully saturated rings. The third kappa shape index (κ3) is 3.37. The van der Waals surface area contributed by atoms with Gasteiger partial charge in [-0.2, -0.15) is 0 Å². The van der Waals surface area contributed by atoms with Crippen LogP contribution >= 0.6 is 24.8 Å². The van der Waals surface area contributed by atoms with Gasteiger partial charge in [-0.05, 0) is 0 Å². The second kappa shape index (κ2) is 7.09. The van der Waals surface area contributed by atoms with Gasteiger partial charge in [0.1, 0.15) is 0 Å². The molecule has 0 spiro atoms. The molecule has 1 nitrogen and oxygen atoms in total. The summed E-state index contributed by atoms with van der Waals surface area (Å²) in [5, 5.41) is 0. The summed E-state index contributed by atoms with van der Waals surface area (Å²) in [6.45, 7) is 14.7. The van der Waals surface area contributed by atoms with Gasteiger partial charge in [0.15, 0.2) is 0 Å². The van der Waals surface area contributed by atoms with Crippen LogP contribution in [0.25, 0.3) is 0 Å². The van der Waals surface area contributed by atoms with E-state index in [0.717, 1.165) is 6.42 Å². The van der Waals surface area contributed by atoms with Crippen molar-refractivity contribution < 1.29 is 16.6 Å². The standard InChI is InChI=1S/C5H5.C4H4N.2C4H9.2ClH.Ti/c2*1-2-4-5-3-1;2*1-4(2)3;;;/h1-3H,4H2;1-3,5H;2*1-3H3;2*1H;. The molecule has 1 aromatic heterocycles. The first-order chi connectivity index (χ1) is 8.71. The Morgan fingerprint density at radius 2 is 1.57 bits per heavy atom. The maximum Gasteiger partial charge on any atom is -0.147 e. The summed E-state index contributed by atoms with van der Waals surface area (Å²) in [6, 6.07) is 4.49. The van der Waals surface area contributed by atoms with Gasteiger partial charge in [0, 0.05) is 0 Å². The number of hydrogen-bond donors (Lipinski definition) is 1. The molecule has 0 bridgehead atoms. The van der Waals surface area contributed by atoms with Gasteiger partial charge in [-0.25, -0.2) is 0 Å². The van der Waals surface area contributed by atoms with E-state index in [9.17, 15) is 0 Å². The largest absolute Gasteiger partial charge is 0.147 e. The van der Waals surface area contributed by atoms with E-state index in [1.807, 2.05) is 0 Å². The fraction of sp³-hybridized carbons (Fsp3) is 0.529. The average Bonchev–Trinajstić information content (AvgIpc) is 2.85. The van der Waals surface area contributed by atoms with Crippen LogP contribution < -0.4 is 4.00 Å². The summed E-state index contributed by atoms with van der Waals surface area (Å²) in [7, 11) is 0. The summed E-state index contributed by atoms with van der Waals surface area (Å²) in [5.41, 5.74) is 0. The zero-order valence-electron chi connectivity index (χ0n) is 14.0. The molecule has 0 amide bonds. The van der Waals surface area contributed by atoms with Crippen LogP contribution in [0.1, 0.15) is 48.0 Å². The molecule has 1 heterocycles.